The molecule has 4 aromatic rings. The van der Waals surface area contributed by atoms with Gasteiger partial charge in [-0.15, -0.1) is 5.10 Å². The van der Waals surface area contributed by atoms with Gasteiger partial charge < -0.3 is 9.80 Å². The Morgan fingerprint density at radius 3 is 2.64 bits per heavy atom. The van der Waals surface area contributed by atoms with Crippen LogP contribution in [0.25, 0.3) is 28.1 Å². The van der Waals surface area contributed by atoms with Gasteiger partial charge in [-0.05, 0) is 50.0 Å². The van der Waals surface area contributed by atoms with E-state index in [0.29, 0.717) is 48.6 Å². The Hall–Kier alpha value is -4.74. The summed E-state index contributed by atoms with van der Waals surface area (Å²) in [6.07, 6.45) is 9.16. The monoisotopic (exact) mass is 569 g/mol. The molecule has 0 aliphatic carbocycles. The predicted octanol–water partition coefficient (Wildman–Crippen LogP) is 3.42. The second-order valence-corrected chi connectivity index (χ2v) is 11.2. The number of pyridine rings is 2. The molecule has 4 aromatic heterocycles. The van der Waals surface area contributed by atoms with Gasteiger partial charge in [0, 0.05) is 31.4 Å². The van der Waals surface area contributed by atoms with Gasteiger partial charge in [0.1, 0.15) is 17.2 Å². The maximum atomic E-state index is 15.9. The van der Waals surface area contributed by atoms with E-state index in [4.69, 9.17) is 4.98 Å². The standard InChI is InChI=1S/C30H32FN9O2/c1-6-24(41)39-18(4)14-37(15-19(39)5)28-21-13-22(31)26-23-16-38(36-35-23)12-8-7-9-20-10-11-32-25(17(2)3)27(20)40(29(21)33-26)30(42)34-28/h6-8,10-11,13,16-19H,1,9,12,14-15H2,2-5H3/b8-7-. The second kappa shape index (κ2) is 10.6. The van der Waals surface area contributed by atoms with Crippen molar-refractivity contribution >= 4 is 22.8 Å². The molecule has 1 amide bonds. The zero-order chi connectivity index (χ0) is 29.7. The molecule has 6 heterocycles. The van der Waals surface area contributed by atoms with Crippen molar-refractivity contribution in [2.45, 2.75) is 58.7 Å². The lowest BCUT2D eigenvalue weighted by Gasteiger charge is -2.44. The van der Waals surface area contributed by atoms with Crippen molar-refractivity contribution in [2.75, 3.05) is 18.0 Å². The van der Waals surface area contributed by atoms with Crippen LogP contribution in [0, 0.1) is 5.82 Å². The van der Waals surface area contributed by atoms with E-state index in [1.807, 2.05) is 50.8 Å². The number of allylic oxidation sites excluding steroid dienone is 2. The van der Waals surface area contributed by atoms with Gasteiger partial charge in [0.15, 0.2) is 11.5 Å². The number of fused-ring (bicyclic) bond motifs is 6. The van der Waals surface area contributed by atoms with Crippen LogP contribution >= 0.6 is 0 Å². The van der Waals surface area contributed by atoms with Crippen LogP contribution in [-0.4, -0.2) is 70.5 Å². The van der Waals surface area contributed by atoms with Crippen LogP contribution in [0.5, 0.6) is 0 Å². The largest absolute Gasteiger partial charge is 0.355 e. The first-order valence-electron chi connectivity index (χ1n) is 14.0. The van der Waals surface area contributed by atoms with E-state index in [2.05, 4.69) is 26.9 Å². The van der Waals surface area contributed by atoms with Crippen LogP contribution in [0.1, 0.15) is 44.9 Å². The maximum Gasteiger partial charge on any atom is 0.355 e. The number of halogens is 1. The van der Waals surface area contributed by atoms with Crippen molar-refractivity contribution in [3.8, 4) is 17.1 Å². The van der Waals surface area contributed by atoms with E-state index in [-0.39, 0.29) is 40.9 Å². The number of aromatic nitrogens is 7. The highest BCUT2D eigenvalue weighted by atomic mass is 19.1. The van der Waals surface area contributed by atoms with Crippen molar-refractivity contribution in [3.05, 3.63) is 76.9 Å². The molecule has 4 bridgehead atoms. The fourth-order valence-electron chi connectivity index (χ4n) is 6.01. The Morgan fingerprint density at radius 2 is 1.93 bits per heavy atom. The quantitative estimate of drug-likeness (QED) is 0.272. The minimum absolute atomic E-state index is 0.0121. The zero-order valence-corrected chi connectivity index (χ0v) is 24.0. The van der Waals surface area contributed by atoms with Gasteiger partial charge in [0.05, 0.1) is 29.5 Å². The lowest BCUT2D eigenvalue weighted by atomic mass is 10.0. The van der Waals surface area contributed by atoms with Crippen molar-refractivity contribution in [2.24, 2.45) is 0 Å². The SMILES string of the molecule is C=CC(=O)N1C(C)CN(c2nc(=O)n3c4nc(c(F)cc24)-c2cn(nn2)C/C=C\Cc2ccnc(C(C)C)c2-3)CC1C. The first kappa shape index (κ1) is 27.4. The van der Waals surface area contributed by atoms with Gasteiger partial charge in [0.25, 0.3) is 0 Å². The molecule has 216 valence electrons. The van der Waals surface area contributed by atoms with Crippen LogP contribution in [-0.2, 0) is 17.8 Å². The topological polar surface area (TPSA) is 115 Å². The summed E-state index contributed by atoms with van der Waals surface area (Å²) in [5, 5.41) is 8.67. The highest BCUT2D eigenvalue weighted by Crippen LogP contribution is 2.33. The first-order chi connectivity index (χ1) is 20.2. The number of carbonyl (C=O) groups is 1. The van der Waals surface area contributed by atoms with Crippen molar-refractivity contribution in [1.29, 1.82) is 0 Å². The average Bonchev–Trinajstić information content (AvgIpc) is 3.42. The summed E-state index contributed by atoms with van der Waals surface area (Å²) in [5.74, 6) is -0.467. The number of nitrogens with zero attached hydrogens (tertiary/aromatic N) is 9. The smallest absolute Gasteiger partial charge is 0.352 e. The molecule has 0 radical (unpaired) electrons. The second-order valence-electron chi connectivity index (χ2n) is 11.2. The summed E-state index contributed by atoms with van der Waals surface area (Å²) in [7, 11) is 0. The normalized spacial score (nSPS) is 19.3. The summed E-state index contributed by atoms with van der Waals surface area (Å²) in [6, 6.07) is 2.86. The Bertz CT molecular complexity index is 1800. The molecule has 0 spiro atoms. The third kappa shape index (κ3) is 4.56. The van der Waals surface area contributed by atoms with E-state index >= 15 is 4.39 Å². The summed E-state index contributed by atoms with van der Waals surface area (Å²) >= 11 is 0. The van der Waals surface area contributed by atoms with Gasteiger partial charge in [0.2, 0.25) is 5.91 Å². The summed E-state index contributed by atoms with van der Waals surface area (Å²) < 4.78 is 19.0. The van der Waals surface area contributed by atoms with E-state index in [1.54, 1.807) is 22.0 Å². The number of rotatable bonds is 3. The van der Waals surface area contributed by atoms with Crippen molar-refractivity contribution < 1.29 is 9.18 Å². The van der Waals surface area contributed by atoms with E-state index in [9.17, 15) is 9.59 Å². The molecule has 1 saturated heterocycles. The molecule has 1 fully saturated rings. The van der Waals surface area contributed by atoms with Gasteiger partial charge in [-0.1, -0.05) is 37.8 Å². The molecule has 42 heavy (non-hydrogen) atoms. The van der Waals surface area contributed by atoms with Gasteiger partial charge in [-0.25, -0.2) is 23.4 Å². The summed E-state index contributed by atoms with van der Waals surface area (Å²) in [4.78, 5) is 44.3. The third-order valence-electron chi connectivity index (χ3n) is 7.83. The minimum atomic E-state index is -0.606. The lowest BCUT2D eigenvalue weighted by molar-refractivity contribution is -0.130. The van der Waals surface area contributed by atoms with Crippen LogP contribution in [0.3, 0.4) is 0 Å². The van der Waals surface area contributed by atoms with Crippen molar-refractivity contribution in [1.82, 2.24) is 39.4 Å². The Kier molecular flexibility index (Phi) is 6.91. The van der Waals surface area contributed by atoms with Crippen LogP contribution in [0.2, 0.25) is 0 Å². The summed E-state index contributed by atoms with van der Waals surface area (Å²) in [5.41, 5.74) is 2.12. The molecule has 2 atom stereocenters. The molecule has 2 aliphatic heterocycles. The number of carbonyl (C=O) groups excluding carboxylic acids is 1. The fraction of sp³-hybridized carbons (Fsp3) is 0.367. The predicted molar refractivity (Wildman–Crippen MR) is 157 cm³/mol. The van der Waals surface area contributed by atoms with Crippen LogP contribution < -0.4 is 10.6 Å². The number of piperazine rings is 1. The highest BCUT2D eigenvalue weighted by Gasteiger charge is 2.34. The number of hydrogen-bond donors (Lipinski definition) is 0. The molecular weight excluding hydrogens is 537 g/mol. The molecule has 0 N–H and O–H groups in total. The third-order valence-corrected chi connectivity index (χ3v) is 7.83. The van der Waals surface area contributed by atoms with Gasteiger partial charge in [-0.2, -0.15) is 4.98 Å². The molecule has 6 rings (SSSR count). The Labute approximate surface area is 242 Å². The van der Waals surface area contributed by atoms with Crippen LogP contribution in [0.15, 0.2) is 54.1 Å². The molecule has 2 unspecified atom stereocenters. The van der Waals surface area contributed by atoms with E-state index < -0.39 is 11.5 Å². The number of anilines is 1. The average molecular weight is 570 g/mol. The fourth-order valence-corrected chi connectivity index (χ4v) is 6.01. The summed E-state index contributed by atoms with van der Waals surface area (Å²) in [6.45, 7) is 12.8. The minimum Gasteiger partial charge on any atom is -0.352 e. The molecule has 0 aromatic carbocycles. The molecule has 12 heteroatoms. The molecule has 0 saturated carbocycles. The Morgan fingerprint density at radius 1 is 1.17 bits per heavy atom. The maximum absolute atomic E-state index is 15.9. The molecule has 2 aliphatic rings. The highest BCUT2D eigenvalue weighted by molar-refractivity contribution is 5.91. The van der Waals surface area contributed by atoms with Crippen LogP contribution in [0.4, 0.5) is 10.2 Å². The zero-order valence-electron chi connectivity index (χ0n) is 24.0. The number of amides is 1. The first-order valence-corrected chi connectivity index (χ1v) is 14.0. The lowest BCUT2D eigenvalue weighted by Crippen LogP contribution is -2.58. The van der Waals surface area contributed by atoms with E-state index in [0.717, 1.165) is 5.56 Å². The molecule has 11 nitrogen and oxygen atoms in total. The van der Waals surface area contributed by atoms with Gasteiger partial charge in [-0.3, -0.25) is 9.78 Å². The Balaban J connectivity index is 1.65. The van der Waals surface area contributed by atoms with E-state index in [1.165, 1.54) is 16.7 Å². The number of hydrogen-bond acceptors (Lipinski definition) is 8. The van der Waals surface area contributed by atoms with Gasteiger partial charge >= 0.3 is 5.69 Å². The molecular formula is C30H32FN9O2. The van der Waals surface area contributed by atoms with Crippen molar-refractivity contribution in [3.63, 3.8) is 0 Å².